The number of aryl methyl sites for hydroxylation is 1. The molecule has 1 unspecified atom stereocenters. The molecule has 0 aliphatic carbocycles. The molecule has 6 nitrogen and oxygen atoms in total. The van der Waals surface area contributed by atoms with E-state index < -0.39 is 0 Å². The highest BCUT2D eigenvalue weighted by atomic mass is 79.9. The zero-order chi connectivity index (χ0) is 20.8. The zero-order valence-corrected chi connectivity index (χ0v) is 19.2. The first kappa shape index (κ1) is 22.2. The van der Waals surface area contributed by atoms with Crippen LogP contribution in [0.15, 0.2) is 22.7 Å². The van der Waals surface area contributed by atoms with Crippen molar-refractivity contribution in [2.24, 2.45) is 0 Å². The van der Waals surface area contributed by atoms with Gasteiger partial charge in [0.15, 0.2) is 0 Å². The lowest BCUT2D eigenvalue weighted by Crippen LogP contribution is -2.54. The van der Waals surface area contributed by atoms with Crippen LogP contribution in [-0.2, 0) is 9.59 Å². The molecule has 0 spiro atoms. The van der Waals surface area contributed by atoms with Crippen LogP contribution in [0.5, 0.6) is 0 Å². The summed E-state index contributed by atoms with van der Waals surface area (Å²) < 4.78 is 0.898. The van der Waals surface area contributed by atoms with Crippen molar-refractivity contribution in [3.05, 3.63) is 28.2 Å². The minimum absolute atomic E-state index is 0.00338. The molecule has 2 aliphatic heterocycles. The fourth-order valence-corrected chi connectivity index (χ4v) is 4.64. The molecule has 2 amide bonds. The maximum atomic E-state index is 12.7. The minimum atomic E-state index is -0.202. The van der Waals surface area contributed by atoms with E-state index in [1.807, 2.05) is 36.9 Å². The van der Waals surface area contributed by atoms with E-state index in [-0.39, 0.29) is 17.9 Å². The highest BCUT2D eigenvalue weighted by Gasteiger charge is 2.27. The number of piperazine rings is 1. The number of nitrogens with zero attached hydrogens (tertiary/aromatic N) is 3. The second-order valence-corrected chi connectivity index (χ2v) is 9.11. The smallest absolute Gasteiger partial charge is 0.241 e. The molecule has 160 valence electrons. The highest BCUT2D eigenvalue weighted by molar-refractivity contribution is 9.10. The zero-order valence-electron chi connectivity index (χ0n) is 17.6. The normalized spacial score (nSPS) is 20.2. The summed E-state index contributed by atoms with van der Waals surface area (Å²) in [6, 6.07) is 5.72. The molecule has 2 heterocycles. The van der Waals surface area contributed by atoms with Crippen molar-refractivity contribution >= 4 is 33.4 Å². The molecule has 7 heteroatoms. The first-order valence-electron chi connectivity index (χ1n) is 10.8. The molecule has 1 aromatic carbocycles. The van der Waals surface area contributed by atoms with Crippen LogP contribution in [0.4, 0.5) is 5.69 Å². The molecule has 0 radical (unpaired) electrons. The number of anilines is 1. The van der Waals surface area contributed by atoms with Crippen LogP contribution in [0.1, 0.15) is 38.2 Å². The van der Waals surface area contributed by atoms with Crippen LogP contribution >= 0.6 is 15.9 Å². The number of hydrogen-bond acceptors (Lipinski definition) is 4. The van der Waals surface area contributed by atoms with Crippen LogP contribution in [0, 0.1) is 6.92 Å². The van der Waals surface area contributed by atoms with Crippen molar-refractivity contribution < 1.29 is 9.59 Å². The fraction of sp³-hybridized carbons (Fsp3) is 0.636. The van der Waals surface area contributed by atoms with Gasteiger partial charge in [-0.3, -0.25) is 19.4 Å². The van der Waals surface area contributed by atoms with Gasteiger partial charge in [0.25, 0.3) is 0 Å². The van der Waals surface area contributed by atoms with Crippen LogP contribution in [0.2, 0.25) is 0 Å². The summed E-state index contributed by atoms with van der Waals surface area (Å²) in [5.74, 6) is 0.263. The molecule has 2 fully saturated rings. The van der Waals surface area contributed by atoms with E-state index in [1.165, 1.54) is 12.8 Å². The largest absolute Gasteiger partial charge is 0.342 e. The lowest BCUT2D eigenvalue weighted by atomic mass is 10.2. The SMILES string of the molecule is Cc1ccc(NC(=O)C(C)N2CCN(CC(=O)N3CCCCCC3)CC2)c(Br)c1. The van der Waals surface area contributed by atoms with Gasteiger partial charge >= 0.3 is 0 Å². The van der Waals surface area contributed by atoms with Gasteiger partial charge in [-0.05, 0) is 60.3 Å². The number of nitrogens with one attached hydrogen (secondary N) is 1. The predicted octanol–water partition coefficient (Wildman–Crippen LogP) is 3.10. The van der Waals surface area contributed by atoms with Gasteiger partial charge in [-0.2, -0.15) is 0 Å². The first-order chi connectivity index (χ1) is 13.9. The lowest BCUT2D eigenvalue weighted by Gasteiger charge is -2.37. The maximum absolute atomic E-state index is 12.7. The molecule has 1 N–H and O–H groups in total. The number of rotatable bonds is 5. The maximum Gasteiger partial charge on any atom is 0.241 e. The van der Waals surface area contributed by atoms with Crippen molar-refractivity contribution in [3.8, 4) is 0 Å². The summed E-state index contributed by atoms with van der Waals surface area (Å²) in [7, 11) is 0. The number of likely N-dealkylation sites (tertiary alicyclic amines) is 1. The third kappa shape index (κ3) is 6.27. The molecule has 0 saturated carbocycles. The minimum Gasteiger partial charge on any atom is -0.342 e. The Kier molecular flexibility index (Phi) is 8.09. The predicted molar refractivity (Wildman–Crippen MR) is 120 cm³/mol. The quantitative estimate of drug-likeness (QED) is 0.726. The molecule has 2 aliphatic rings. The average Bonchev–Trinajstić information content (AvgIpc) is 3.00. The third-order valence-corrected chi connectivity index (χ3v) is 6.69. The molecule has 0 aromatic heterocycles. The van der Waals surface area contributed by atoms with Crippen molar-refractivity contribution in [1.82, 2.24) is 14.7 Å². The second-order valence-electron chi connectivity index (χ2n) is 8.26. The van der Waals surface area contributed by atoms with E-state index in [0.29, 0.717) is 6.54 Å². The van der Waals surface area contributed by atoms with Gasteiger partial charge in [-0.1, -0.05) is 18.9 Å². The molecule has 0 bridgehead atoms. The summed E-state index contributed by atoms with van der Waals surface area (Å²) in [5.41, 5.74) is 1.95. The van der Waals surface area contributed by atoms with Crippen LogP contribution in [-0.4, -0.2) is 78.4 Å². The molecule has 3 rings (SSSR count). The first-order valence-corrected chi connectivity index (χ1v) is 11.5. The highest BCUT2D eigenvalue weighted by Crippen LogP contribution is 2.24. The van der Waals surface area contributed by atoms with Gasteiger partial charge in [-0.15, -0.1) is 0 Å². The van der Waals surface area contributed by atoms with Gasteiger partial charge in [0.05, 0.1) is 18.3 Å². The van der Waals surface area contributed by atoms with Crippen LogP contribution < -0.4 is 5.32 Å². The van der Waals surface area contributed by atoms with Crippen molar-refractivity contribution in [3.63, 3.8) is 0 Å². The summed E-state index contributed by atoms with van der Waals surface area (Å²) in [6.07, 6.45) is 4.73. The number of hydrogen-bond donors (Lipinski definition) is 1. The van der Waals surface area contributed by atoms with Crippen molar-refractivity contribution in [2.75, 3.05) is 51.1 Å². The third-order valence-electron chi connectivity index (χ3n) is 6.03. The summed E-state index contributed by atoms with van der Waals surface area (Å²) in [4.78, 5) is 31.8. The van der Waals surface area contributed by atoms with E-state index in [1.54, 1.807) is 0 Å². The van der Waals surface area contributed by atoms with E-state index in [0.717, 1.165) is 67.8 Å². The Bertz CT molecular complexity index is 711. The summed E-state index contributed by atoms with van der Waals surface area (Å²) >= 11 is 3.52. The van der Waals surface area contributed by atoms with Crippen molar-refractivity contribution in [1.29, 1.82) is 0 Å². The van der Waals surface area contributed by atoms with Crippen molar-refractivity contribution in [2.45, 2.75) is 45.6 Å². The van der Waals surface area contributed by atoms with Crippen LogP contribution in [0.3, 0.4) is 0 Å². The van der Waals surface area contributed by atoms with Gasteiger partial charge in [-0.25, -0.2) is 0 Å². The number of halogens is 1. The van der Waals surface area contributed by atoms with E-state index in [9.17, 15) is 9.59 Å². The monoisotopic (exact) mass is 464 g/mol. The van der Waals surface area contributed by atoms with Gasteiger partial charge in [0.2, 0.25) is 11.8 Å². The number of amides is 2. The number of carbonyl (C=O) groups excluding carboxylic acids is 2. The Morgan fingerprint density at radius 1 is 1.03 bits per heavy atom. The summed E-state index contributed by atoms with van der Waals surface area (Å²) in [6.45, 7) is 9.55. The Morgan fingerprint density at radius 2 is 1.69 bits per heavy atom. The summed E-state index contributed by atoms with van der Waals surface area (Å²) in [5, 5.41) is 3.02. The molecule has 29 heavy (non-hydrogen) atoms. The van der Waals surface area contributed by atoms with E-state index in [2.05, 4.69) is 31.0 Å². The van der Waals surface area contributed by atoms with E-state index >= 15 is 0 Å². The van der Waals surface area contributed by atoms with Gasteiger partial charge in [0.1, 0.15) is 0 Å². The topological polar surface area (TPSA) is 55.9 Å². The standard InChI is InChI=1S/C22H33BrN4O2/c1-17-7-8-20(19(23)15-17)24-22(29)18(2)26-13-11-25(12-14-26)16-21(28)27-9-5-3-4-6-10-27/h7-8,15,18H,3-6,9-14,16H2,1-2H3,(H,24,29). The lowest BCUT2D eigenvalue weighted by molar-refractivity contribution is -0.133. The average molecular weight is 465 g/mol. The Morgan fingerprint density at radius 3 is 2.31 bits per heavy atom. The molecule has 1 atom stereocenters. The second kappa shape index (κ2) is 10.5. The Balaban J connectivity index is 1.45. The van der Waals surface area contributed by atoms with Gasteiger partial charge in [0, 0.05) is 43.7 Å². The van der Waals surface area contributed by atoms with Gasteiger partial charge < -0.3 is 10.2 Å². The number of benzene rings is 1. The number of carbonyl (C=O) groups is 2. The Labute approximate surface area is 182 Å². The molecular formula is C22H33BrN4O2. The van der Waals surface area contributed by atoms with E-state index in [4.69, 9.17) is 0 Å². The Hall–Kier alpha value is -1.44. The molecule has 1 aromatic rings. The molecular weight excluding hydrogens is 432 g/mol. The van der Waals surface area contributed by atoms with Crippen LogP contribution in [0.25, 0.3) is 0 Å². The fourth-order valence-electron chi connectivity index (χ4n) is 4.04. The molecule has 2 saturated heterocycles.